The number of hydrogen-bond acceptors (Lipinski definition) is 6. The van der Waals surface area contributed by atoms with Crippen molar-refractivity contribution in [1.82, 2.24) is 10.0 Å². The number of benzene rings is 2. The summed E-state index contributed by atoms with van der Waals surface area (Å²) in [5, 5.41) is 13.1. The van der Waals surface area contributed by atoms with E-state index in [1.54, 1.807) is 24.3 Å². The molecule has 176 valence electrons. The summed E-state index contributed by atoms with van der Waals surface area (Å²) in [6.45, 7) is 3.27. The zero-order valence-electron chi connectivity index (χ0n) is 19.0. The number of imide groups is 1. The van der Waals surface area contributed by atoms with Gasteiger partial charge in [0.2, 0.25) is 0 Å². The Bertz CT molecular complexity index is 1180. The Kier molecular flexibility index (Phi) is 6.28. The summed E-state index contributed by atoms with van der Waals surface area (Å²) in [6.07, 6.45) is 1.83. The molecule has 4 rings (SSSR count). The van der Waals surface area contributed by atoms with Crippen molar-refractivity contribution in [3.63, 3.8) is 0 Å². The second-order valence-electron chi connectivity index (χ2n) is 9.05. The van der Waals surface area contributed by atoms with Gasteiger partial charge in [-0.15, -0.1) is 0 Å². The smallest absolute Gasteiger partial charge is 0.282 e. The van der Waals surface area contributed by atoms with E-state index in [9.17, 15) is 29.3 Å². The molecule has 34 heavy (non-hydrogen) atoms. The highest BCUT2D eigenvalue weighted by molar-refractivity contribution is 6.10. The molecule has 3 atom stereocenters. The van der Waals surface area contributed by atoms with Gasteiger partial charge in [-0.25, -0.2) is 5.01 Å². The van der Waals surface area contributed by atoms with Crippen molar-refractivity contribution in [3.8, 4) is 0 Å². The first-order chi connectivity index (χ1) is 16.2. The largest absolute Gasteiger partial charge is 0.292 e. The van der Waals surface area contributed by atoms with Crippen molar-refractivity contribution in [1.29, 1.82) is 0 Å². The minimum absolute atomic E-state index is 0.256. The standard InChI is InChI=1S/C25H25N3O6/c1-15-7-10-17(11-8-15)22(29)14-26(23(30)19-5-3-4-6-21(19)28(33)34)27-24(31)18-12-9-16(2)13-20(18)25(27)32/h3-8,10-11,16,18,20H,9,12-14H2,1-2H3/t16-,18+,20-/m0/s1. The van der Waals surface area contributed by atoms with Crippen molar-refractivity contribution in [3.05, 3.63) is 75.3 Å². The summed E-state index contributed by atoms with van der Waals surface area (Å²) in [5.41, 5.74) is 0.474. The van der Waals surface area contributed by atoms with Gasteiger partial charge >= 0.3 is 0 Å². The van der Waals surface area contributed by atoms with E-state index in [2.05, 4.69) is 0 Å². The SMILES string of the molecule is Cc1ccc(C(=O)CN(C(=O)c2ccccc2[N+](=O)[O-])N2C(=O)[C@H]3C[C@@H](C)CC[C@H]3C2=O)cc1. The molecule has 1 aliphatic heterocycles. The lowest BCUT2D eigenvalue weighted by molar-refractivity contribution is -0.385. The minimum Gasteiger partial charge on any atom is -0.292 e. The van der Waals surface area contributed by atoms with E-state index in [0.717, 1.165) is 22.0 Å². The van der Waals surface area contributed by atoms with E-state index in [1.807, 2.05) is 13.8 Å². The average molecular weight is 463 g/mol. The van der Waals surface area contributed by atoms with Gasteiger partial charge in [0.15, 0.2) is 5.78 Å². The maximum absolute atomic E-state index is 13.6. The predicted molar refractivity (Wildman–Crippen MR) is 121 cm³/mol. The van der Waals surface area contributed by atoms with Crippen molar-refractivity contribution in [2.75, 3.05) is 6.54 Å². The normalized spacial score (nSPS) is 21.8. The number of para-hydroxylation sites is 1. The van der Waals surface area contributed by atoms with Gasteiger partial charge in [-0.1, -0.05) is 48.9 Å². The molecule has 3 amide bonds. The lowest BCUT2D eigenvalue weighted by Gasteiger charge is -2.30. The molecular formula is C25H25N3O6. The first-order valence-electron chi connectivity index (χ1n) is 11.2. The van der Waals surface area contributed by atoms with Crippen LogP contribution >= 0.6 is 0 Å². The lowest BCUT2D eigenvalue weighted by Crippen LogP contribution is -2.52. The molecule has 0 N–H and O–H groups in total. The Balaban J connectivity index is 1.74. The number of rotatable bonds is 6. The summed E-state index contributed by atoms with van der Waals surface area (Å²) in [5.74, 6) is -3.37. The molecule has 0 spiro atoms. The van der Waals surface area contributed by atoms with Gasteiger partial charge in [0.05, 0.1) is 16.8 Å². The number of carbonyl (C=O) groups excluding carboxylic acids is 4. The van der Waals surface area contributed by atoms with E-state index in [-0.39, 0.29) is 11.5 Å². The summed E-state index contributed by atoms with van der Waals surface area (Å²) >= 11 is 0. The molecule has 9 heteroatoms. The fourth-order valence-electron chi connectivity index (χ4n) is 4.76. The van der Waals surface area contributed by atoms with Crippen LogP contribution in [0.5, 0.6) is 0 Å². The number of nitro benzene ring substituents is 1. The van der Waals surface area contributed by atoms with Crippen LogP contribution in [0.4, 0.5) is 5.69 Å². The quantitative estimate of drug-likeness (QED) is 0.280. The van der Waals surface area contributed by atoms with Crippen LogP contribution in [0.25, 0.3) is 0 Å². The number of nitrogens with zero attached hydrogens (tertiary/aromatic N) is 3. The molecule has 0 radical (unpaired) electrons. The molecule has 1 saturated heterocycles. The maximum Gasteiger partial charge on any atom is 0.282 e. The van der Waals surface area contributed by atoms with Crippen LogP contribution in [0, 0.1) is 34.8 Å². The number of hydrogen-bond donors (Lipinski definition) is 0. The molecule has 1 saturated carbocycles. The highest BCUT2D eigenvalue weighted by Gasteiger charge is 2.53. The summed E-state index contributed by atoms with van der Waals surface area (Å²) in [4.78, 5) is 64.1. The van der Waals surface area contributed by atoms with E-state index >= 15 is 0 Å². The Morgan fingerprint density at radius 1 is 1.03 bits per heavy atom. The van der Waals surface area contributed by atoms with Crippen LogP contribution in [-0.4, -0.2) is 45.0 Å². The van der Waals surface area contributed by atoms with E-state index in [1.165, 1.54) is 24.3 Å². The Hall–Kier alpha value is -3.88. The van der Waals surface area contributed by atoms with Gasteiger partial charge in [-0.05, 0) is 38.2 Å². The highest BCUT2D eigenvalue weighted by Crippen LogP contribution is 2.41. The van der Waals surface area contributed by atoms with Gasteiger partial charge in [-0.2, -0.15) is 5.01 Å². The van der Waals surface area contributed by atoms with E-state index in [0.29, 0.717) is 18.4 Å². The van der Waals surface area contributed by atoms with E-state index < -0.39 is 52.5 Å². The first kappa shape index (κ1) is 23.3. The number of carbonyl (C=O) groups is 4. The van der Waals surface area contributed by atoms with Crippen LogP contribution in [0.3, 0.4) is 0 Å². The maximum atomic E-state index is 13.6. The molecule has 0 aromatic heterocycles. The summed E-state index contributed by atoms with van der Waals surface area (Å²) in [6, 6.07) is 12.0. The zero-order valence-corrected chi connectivity index (χ0v) is 19.0. The third kappa shape index (κ3) is 4.21. The van der Waals surface area contributed by atoms with Crippen molar-refractivity contribution in [2.24, 2.45) is 17.8 Å². The molecule has 2 fully saturated rings. The molecule has 2 aliphatic rings. The Morgan fingerprint density at radius 2 is 1.68 bits per heavy atom. The van der Waals surface area contributed by atoms with Crippen LogP contribution < -0.4 is 0 Å². The van der Waals surface area contributed by atoms with E-state index in [4.69, 9.17) is 0 Å². The van der Waals surface area contributed by atoms with Gasteiger partial charge in [0.25, 0.3) is 23.4 Å². The molecule has 2 aromatic rings. The number of nitro groups is 1. The van der Waals surface area contributed by atoms with Crippen molar-refractivity contribution < 1.29 is 24.1 Å². The summed E-state index contributed by atoms with van der Waals surface area (Å²) in [7, 11) is 0. The fraction of sp³-hybridized carbons (Fsp3) is 0.360. The zero-order chi connectivity index (χ0) is 24.6. The molecular weight excluding hydrogens is 438 g/mol. The van der Waals surface area contributed by atoms with Gasteiger partial charge in [0.1, 0.15) is 12.1 Å². The number of amides is 3. The van der Waals surface area contributed by atoms with Crippen LogP contribution in [-0.2, 0) is 9.59 Å². The Labute approximate surface area is 196 Å². The second-order valence-corrected chi connectivity index (χ2v) is 9.05. The van der Waals surface area contributed by atoms with Gasteiger partial charge in [-0.3, -0.25) is 29.3 Å². The minimum atomic E-state index is -0.943. The van der Waals surface area contributed by atoms with Crippen LogP contribution in [0.2, 0.25) is 0 Å². The summed E-state index contributed by atoms with van der Waals surface area (Å²) < 4.78 is 0. The number of Topliss-reactive ketones (excluding diaryl/α,β-unsaturated/α-hetero) is 1. The topological polar surface area (TPSA) is 118 Å². The third-order valence-electron chi connectivity index (χ3n) is 6.64. The predicted octanol–water partition coefficient (Wildman–Crippen LogP) is 3.56. The lowest BCUT2D eigenvalue weighted by atomic mass is 9.76. The molecule has 0 unspecified atom stereocenters. The number of fused-ring (bicyclic) bond motifs is 1. The fourth-order valence-corrected chi connectivity index (χ4v) is 4.76. The number of ketones is 1. The molecule has 9 nitrogen and oxygen atoms in total. The van der Waals surface area contributed by atoms with Crippen molar-refractivity contribution in [2.45, 2.75) is 33.1 Å². The molecule has 0 bridgehead atoms. The second kappa shape index (κ2) is 9.17. The number of aryl methyl sites for hydroxylation is 1. The van der Waals surface area contributed by atoms with Crippen LogP contribution in [0.1, 0.15) is 52.5 Å². The molecule has 1 heterocycles. The molecule has 2 aromatic carbocycles. The van der Waals surface area contributed by atoms with Crippen LogP contribution in [0.15, 0.2) is 48.5 Å². The molecule has 1 aliphatic carbocycles. The monoisotopic (exact) mass is 463 g/mol. The third-order valence-corrected chi connectivity index (χ3v) is 6.64. The average Bonchev–Trinajstić information content (AvgIpc) is 3.06. The number of hydrazine groups is 1. The van der Waals surface area contributed by atoms with Gasteiger partial charge in [0, 0.05) is 11.6 Å². The highest BCUT2D eigenvalue weighted by atomic mass is 16.6. The van der Waals surface area contributed by atoms with Crippen molar-refractivity contribution >= 4 is 29.2 Å². The van der Waals surface area contributed by atoms with Gasteiger partial charge < -0.3 is 0 Å². The first-order valence-corrected chi connectivity index (χ1v) is 11.2. The Morgan fingerprint density at radius 3 is 2.35 bits per heavy atom.